The van der Waals surface area contributed by atoms with Crippen molar-refractivity contribution in [1.29, 1.82) is 0 Å². The SMILES string of the molecule is O=Cc1ccnc(NS(=O)(=O)C2CC2)c1F. The van der Waals surface area contributed by atoms with Crippen LogP contribution in [-0.2, 0) is 10.0 Å². The Kier molecular flexibility index (Phi) is 2.63. The summed E-state index contributed by atoms with van der Waals surface area (Å²) < 4.78 is 38.5. The van der Waals surface area contributed by atoms with E-state index in [4.69, 9.17) is 0 Å². The fraction of sp³-hybridized carbons (Fsp3) is 0.333. The van der Waals surface area contributed by atoms with Crippen LogP contribution in [0.2, 0.25) is 0 Å². The van der Waals surface area contributed by atoms with Crippen molar-refractivity contribution in [2.75, 3.05) is 4.72 Å². The summed E-state index contributed by atoms with van der Waals surface area (Å²) in [6.45, 7) is 0. The molecule has 0 aliphatic heterocycles. The van der Waals surface area contributed by atoms with Gasteiger partial charge in [-0.15, -0.1) is 0 Å². The lowest BCUT2D eigenvalue weighted by Gasteiger charge is -2.07. The largest absolute Gasteiger partial charge is 0.298 e. The molecule has 1 fully saturated rings. The van der Waals surface area contributed by atoms with Crippen LogP contribution >= 0.6 is 0 Å². The molecule has 1 saturated carbocycles. The van der Waals surface area contributed by atoms with Gasteiger partial charge in [-0.25, -0.2) is 17.8 Å². The van der Waals surface area contributed by atoms with E-state index in [9.17, 15) is 17.6 Å². The Morgan fingerprint density at radius 3 is 2.75 bits per heavy atom. The number of rotatable bonds is 4. The van der Waals surface area contributed by atoms with Gasteiger partial charge in [0.1, 0.15) is 0 Å². The van der Waals surface area contributed by atoms with E-state index in [-0.39, 0.29) is 5.56 Å². The number of hydrogen-bond acceptors (Lipinski definition) is 4. The zero-order chi connectivity index (χ0) is 11.8. The quantitative estimate of drug-likeness (QED) is 0.799. The second kappa shape index (κ2) is 3.82. The molecule has 0 amide bonds. The third-order valence-electron chi connectivity index (χ3n) is 2.25. The van der Waals surface area contributed by atoms with E-state index in [1.165, 1.54) is 12.3 Å². The molecular weight excluding hydrogens is 235 g/mol. The maximum Gasteiger partial charge on any atom is 0.236 e. The lowest BCUT2D eigenvalue weighted by molar-refractivity contribution is 0.111. The molecule has 1 aliphatic rings. The molecule has 0 saturated heterocycles. The number of pyridine rings is 1. The van der Waals surface area contributed by atoms with Crippen LogP contribution in [-0.4, -0.2) is 24.9 Å². The third-order valence-corrected chi connectivity index (χ3v) is 4.08. The second-order valence-corrected chi connectivity index (χ2v) is 5.49. The topological polar surface area (TPSA) is 76.1 Å². The zero-order valence-electron chi connectivity index (χ0n) is 8.18. The van der Waals surface area contributed by atoms with Gasteiger partial charge in [-0.05, 0) is 18.9 Å². The van der Waals surface area contributed by atoms with Crippen LogP contribution < -0.4 is 4.72 Å². The van der Waals surface area contributed by atoms with Gasteiger partial charge in [0, 0.05) is 6.20 Å². The summed E-state index contributed by atoms with van der Waals surface area (Å²) in [5.74, 6) is -1.36. The highest BCUT2D eigenvalue weighted by atomic mass is 32.2. The van der Waals surface area contributed by atoms with Crippen molar-refractivity contribution < 1.29 is 17.6 Å². The number of sulfonamides is 1. The number of halogens is 1. The van der Waals surface area contributed by atoms with Crippen molar-refractivity contribution in [1.82, 2.24) is 4.98 Å². The van der Waals surface area contributed by atoms with Crippen molar-refractivity contribution in [2.24, 2.45) is 0 Å². The number of aldehydes is 1. The standard InChI is InChI=1S/C9H9FN2O3S/c10-8-6(5-13)3-4-11-9(8)12-16(14,15)7-1-2-7/h3-5,7H,1-2H2,(H,11,12). The normalized spacial score (nSPS) is 15.8. The Morgan fingerprint density at radius 1 is 1.50 bits per heavy atom. The predicted octanol–water partition coefficient (Wildman–Crippen LogP) is 0.937. The van der Waals surface area contributed by atoms with Gasteiger partial charge in [0.2, 0.25) is 10.0 Å². The first-order chi connectivity index (χ1) is 7.54. The molecule has 0 spiro atoms. The van der Waals surface area contributed by atoms with E-state index < -0.39 is 26.9 Å². The maximum atomic E-state index is 13.5. The number of carbonyl (C=O) groups excluding carboxylic acids is 1. The molecule has 0 unspecified atom stereocenters. The Morgan fingerprint density at radius 2 is 2.19 bits per heavy atom. The lowest BCUT2D eigenvalue weighted by atomic mass is 10.3. The van der Waals surface area contributed by atoms with Crippen LogP contribution in [0.5, 0.6) is 0 Å². The molecular formula is C9H9FN2O3S. The fourth-order valence-electron chi connectivity index (χ4n) is 1.22. The molecule has 1 heterocycles. The van der Waals surface area contributed by atoms with Gasteiger partial charge in [-0.3, -0.25) is 9.52 Å². The number of carbonyl (C=O) groups is 1. The highest BCUT2D eigenvalue weighted by Crippen LogP contribution is 2.29. The fourth-order valence-corrected chi connectivity index (χ4v) is 2.55. The molecule has 0 atom stereocenters. The first-order valence-corrected chi connectivity index (χ1v) is 6.20. The summed E-state index contributed by atoms with van der Waals surface area (Å²) in [5, 5.41) is -0.464. The van der Waals surface area contributed by atoms with Gasteiger partial charge in [-0.1, -0.05) is 0 Å². The molecule has 5 nitrogen and oxygen atoms in total. The minimum Gasteiger partial charge on any atom is -0.298 e. The van der Waals surface area contributed by atoms with Crippen molar-refractivity contribution in [2.45, 2.75) is 18.1 Å². The third kappa shape index (κ3) is 2.04. The number of hydrogen-bond donors (Lipinski definition) is 1. The lowest BCUT2D eigenvalue weighted by Crippen LogP contribution is -2.19. The average Bonchev–Trinajstić information content (AvgIpc) is 3.04. The molecule has 7 heteroatoms. The molecule has 1 aromatic heterocycles. The van der Waals surface area contributed by atoms with Crippen LogP contribution in [0.15, 0.2) is 12.3 Å². The Hall–Kier alpha value is -1.50. The van der Waals surface area contributed by atoms with E-state index in [0.717, 1.165) is 0 Å². The van der Waals surface area contributed by atoms with Crippen LogP contribution in [0.4, 0.5) is 10.2 Å². The summed E-state index contributed by atoms with van der Waals surface area (Å²) in [6.07, 6.45) is 2.64. The van der Waals surface area contributed by atoms with E-state index in [0.29, 0.717) is 19.1 Å². The minimum absolute atomic E-state index is 0.219. The van der Waals surface area contributed by atoms with Gasteiger partial charge >= 0.3 is 0 Å². The van der Waals surface area contributed by atoms with Gasteiger partial charge in [0.05, 0.1) is 10.8 Å². The summed E-state index contributed by atoms with van der Waals surface area (Å²) in [4.78, 5) is 14.0. The number of aromatic nitrogens is 1. The molecule has 0 aromatic carbocycles. The van der Waals surface area contributed by atoms with Crippen LogP contribution in [0.25, 0.3) is 0 Å². The first-order valence-electron chi connectivity index (χ1n) is 4.66. The van der Waals surface area contributed by atoms with Crippen molar-refractivity contribution >= 4 is 22.1 Å². The number of nitrogens with zero attached hydrogens (tertiary/aromatic N) is 1. The van der Waals surface area contributed by atoms with Gasteiger partial charge < -0.3 is 0 Å². The summed E-state index contributed by atoms with van der Waals surface area (Å²) >= 11 is 0. The zero-order valence-corrected chi connectivity index (χ0v) is 9.00. The number of anilines is 1. The summed E-state index contributed by atoms with van der Waals surface area (Å²) in [6, 6.07) is 1.18. The van der Waals surface area contributed by atoms with E-state index >= 15 is 0 Å². The van der Waals surface area contributed by atoms with E-state index in [2.05, 4.69) is 9.71 Å². The smallest absolute Gasteiger partial charge is 0.236 e. The molecule has 0 radical (unpaired) electrons. The molecule has 0 bridgehead atoms. The Labute approximate surface area is 91.7 Å². The Balaban J connectivity index is 2.31. The van der Waals surface area contributed by atoms with Crippen molar-refractivity contribution in [3.8, 4) is 0 Å². The average molecular weight is 244 g/mol. The van der Waals surface area contributed by atoms with Crippen LogP contribution in [0.1, 0.15) is 23.2 Å². The molecule has 16 heavy (non-hydrogen) atoms. The Bertz CT molecular complexity index is 526. The number of nitrogens with one attached hydrogen (secondary N) is 1. The second-order valence-electron chi connectivity index (χ2n) is 3.53. The minimum atomic E-state index is -3.56. The maximum absolute atomic E-state index is 13.5. The summed E-state index contributed by atoms with van der Waals surface area (Å²) in [7, 11) is -3.56. The molecule has 1 aromatic rings. The van der Waals surface area contributed by atoms with E-state index in [1.54, 1.807) is 0 Å². The first kappa shape index (κ1) is 11.0. The highest BCUT2D eigenvalue weighted by molar-refractivity contribution is 7.93. The van der Waals surface area contributed by atoms with Gasteiger partial charge in [0.15, 0.2) is 17.9 Å². The molecule has 2 rings (SSSR count). The monoisotopic (exact) mass is 244 g/mol. The molecule has 86 valence electrons. The van der Waals surface area contributed by atoms with Gasteiger partial charge in [-0.2, -0.15) is 0 Å². The molecule has 1 aliphatic carbocycles. The molecule has 1 N–H and O–H groups in total. The van der Waals surface area contributed by atoms with Crippen LogP contribution in [0.3, 0.4) is 0 Å². The van der Waals surface area contributed by atoms with E-state index in [1.807, 2.05) is 0 Å². The van der Waals surface area contributed by atoms with Crippen LogP contribution in [0, 0.1) is 5.82 Å². The van der Waals surface area contributed by atoms with Crippen molar-refractivity contribution in [3.63, 3.8) is 0 Å². The highest BCUT2D eigenvalue weighted by Gasteiger charge is 2.36. The summed E-state index contributed by atoms with van der Waals surface area (Å²) in [5.41, 5.74) is -0.219. The van der Waals surface area contributed by atoms with Gasteiger partial charge in [0.25, 0.3) is 0 Å². The predicted molar refractivity (Wildman–Crippen MR) is 55.1 cm³/mol. The van der Waals surface area contributed by atoms with Crippen molar-refractivity contribution in [3.05, 3.63) is 23.6 Å².